The Morgan fingerprint density at radius 2 is 1.80 bits per heavy atom. The Hall–Kier alpha value is -0.470. The molecule has 0 fully saturated rings. The van der Waals surface area contributed by atoms with Crippen LogP contribution >= 0.6 is 12.6 Å². The maximum Gasteiger partial charge on any atom is 0.0406 e. The van der Waals surface area contributed by atoms with Gasteiger partial charge in [0.2, 0.25) is 0 Å². The van der Waals surface area contributed by atoms with Gasteiger partial charge in [-0.25, -0.2) is 0 Å². The van der Waals surface area contributed by atoms with Crippen LogP contribution in [0.2, 0.25) is 0 Å². The molecular weight excluding hydrogens is 202 g/mol. The highest BCUT2D eigenvalue weighted by Crippen LogP contribution is 2.16. The molecule has 0 bridgehead atoms. The summed E-state index contributed by atoms with van der Waals surface area (Å²) in [6, 6.07) is 9.22. The molecule has 1 rings (SSSR count). The van der Waals surface area contributed by atoms with E-state index in [1.807, 2.05) is 7.05 Å². The molecule has 84 valence electrons. The van der Waals surface area contributed by atoms with Gasteiger partial charge in [-0.05, 0) is 30.5 Å². The van der Waals surface area contributed by atoms with Gasteiger partial charge in [0.25, 0.3) is 0 Å². The number of hydrogen-bond acceptors (Lipinski definition) is 2. The standard InChI is InChI=1S/C13H21NS/c1-10(2)8-11-4-6-12(7-5-11)13(9-15)14-3/h4-7,10,13-15H,8-9H2,1-3H3. The molecule has 0 radical (unpaired) electrons. The minimum Gasteiger partial charge on any atom is -0.312 e. The fraction of sp³-hybridized carbons (Fsp3) is 0.538. The number of benzene rings is 1. The van der Waals surface area contributed by atoms with E-state index in [0.29, 0.717) is 6.04 Å². The Morgan fingerprint density at radius 1 is 1.20 bits per heavy atom. The Balaban J connectivity index is 2.71. The van der Waals surface area contributed by atoms with E-state index in [2.05, 4.69) is 56.1 Å². The van der Waals surface area contributed by atoms with Crippen LogP contribution in [0.25, 0.3) is 0 Å². The fourth-order valence-corrected chi connectivity index (χ4v) is 2.11. The third-order valence-electron chi connectivity index (χ3n) is 2.56. The summed E-state index contributed by atoms with van der Waals surface area (Å²) in [6.07, 6.45) is 1.16. The number of hydrogen-bond donors (Lipinski definition) is 2. The quantitative estimate of drug-likeness (QED) is 0.731. The molecule has 0 aliphatic rings. The molecule has 1 N–H and O–H groups in total. The molecule has 0 amide bonds. The minimum atomic E-state index is 0.362. The van der Waals surface area contributed by atoms with Crippen molar-refractivity contribution in [3.8, 4) is 0 Å². The number of nitrogens with one attached hydrogen (secondary N) is 1. The molecule has 2 heteroatoms. The highest BCUT2D eigenvalue weighted by molar-refractivity contribution is 7.80. The van der Waals surface area contributed by atoms with E-state index < -0.39 is 0 Å². The van der Waals surface area contributed by atoms with Gasteiger partial charge >= 0.3 is 0 Å². The Labute approximate surface area is 98.7 Å². The highest BCUT2D eigenvalue weighted by Gasteiger charge is 2.06. The van der Waals surface area contributed by atoms with E-state index in [1.54, 1.807) is 0 Å². The van der Waals surface area contributed by atoms with Crippen LogP contribution < -0.4 is 5.32 Å². The zero-order chi connectivity index (χ0) is 11.3. The Bertz CT molecular complexity index is 275. The van der Waals surface area contributed by atoms with Gasteiger partial charge in [0.1, 0.15) is 0 Å². The van der Waals surface area contributed by atoms with Crippen molar-refractivity contribution in [3.63, 3.8) is 0 Å². The van der Waals surface area contributed by atoms with E-state index in [1.165, 1.54) is 11.1 Å². The van der Waals surface area contributed by atoms with Gasteiger partial charge in [-0.2, -0.15) is 12.6 Å². The summed E-state index contributed by atoms with van der Waals surface area (Å²) in [4.78, 5) is 0. The van der Waals surface area contributed by atoms with Crippen molar-refractivity contribution in [3.05, 3.63) is 35.4 Å². The number of thiol groups is 1. The van der Waals surface area contributed by atoms with Crippen LogP contribution in [0.15, 0.2) is 24.3 Å². The summed E-state index contributed by atoms with van der Waals surface area (Å²) in [7, 11) is 1.98. The molecule has 15 heavy (non-hydrogen) atoms. The van der Waals surface area contributed by atoms with Gasteiger partial charge in [0.05, 0.1) is 0 Å². The molecule has 1 unspecified atom stereocenters. The van der Waals surface area contributed by atoms with Crippen molar-refractivity contribution in [2.45, 2.75) is 26.3 Å². The van der Waals surface area contributed by atoms with Crippen LogP contribution in [0, 0.1) is 5.92 Å². The van der Waals surface area contributed by atoms with E-state index in [9.17, 15) is 0 Å². The lowest BCUT2D eigenvalue weighted by Crippen LogP contribution is -2.17. The molecule has 0 aromatic heterocycles. The van der Waals surface area contributed by atoms with E-state index in [4.69, 9.17) is 0 Å². The third-order valence-corrected chi connectivity index (χ3v) is 2.92. The largest absolute Gasteiger partial charge is 0.312 e. The Kier molecular flexibility index (Phi) is 5.20. The van der Waals surface area contributed by atoms with E-state index in [0.717, 1.165) is 18.1 Å². The van der Waals surface area contributed by atoms with E-state index in [-0.39, 0.29) is 0 Å². The van der Waals surface area contributed by atoms with Gasteiger partial charge in [0.15, 0.2) is 0 Å². The van der Waals surface area contributed by atoms with Crippen LogP contribution in [0.5, 0.6) is 0 Å². The van der Waals surface area contributed by atoms with Crippen LogP contribution in [0.1, 0.15) is 31.0 Å². The predicted octanol–water partition coefficient (Wildman–Crippen LogP) is 3.08. The van der Waals surface area contributed by atoms with Crippen molar-refractivity contribution in [1.82, 2.24) is 5.32 Å². The second kappa shape index (κ2) is 6.19. The summed E-state index contributed by atoms with van der Waals surface area (Å²) in [5.74, 6) is 1.56. The summed E-state index contributed by atoms with van der Waals surface area (Å²) >= 11 is 4.33. The van der Waals surface area contributed by atoms with Gasteiger partial charge in [-0.15, -0.1) is 0 Å². The summed E-state index contributed by atoms with van der Waals surface area (Å²) in [5.41, 5.74) is 2.74. The van der Waals surface area contributed by atoms with Gasteiger partial charge in [-0.3, -0.25) is 0 Å². The first-order valence-electron chi connectivity index (χ1n) is 5.54. The molecule has 0 saturated carbocycles. The number of rotatable bonds is 5. The third kappa shape index (κ3) is 3.88. The predicted molar refractivity (Wildman–Crippen MR) is 70.6 cm³/mol. The topological polar surface area (TPSA) is 12.0 Å². The summed E-state index contributed by atoms with van der Waals surface area (Å²) in [6.45, 7) is 4.50. The van der Waals surface area contributed by atoms with Crippen molar-refractivity contribution < 1.29 is 0 Å². The first-order chi connectivity index (χ1) is 7.17. The summed E-state index contributed by atoms with van der Waals surface area (Å²) < 4.78 is 0. The normalized spacial score (nSPS) is 13.1. The van der Waals surface area contributed by atoms with Gasteiger partial charge in [0, 0.05) is 11.8 Å². The molecule has 0 saturated heterocycles. The second-order valence-electron chi connectivity index (χ2n) is 4.36. The van der Waals surface area contributed by atoms with Crippen LogP contribution in [-0.4, -0.2) is 12.8 Å². The molecular formula is C13H21NS. The molecule has 0 heterocycles. The van der Waals surface area contributed by atoms with E-state index >= 15 is 0 Å². The maximum atomic E-state index is 4.33. The van der Waals surface area contributed by atoms with Crippen LogP contribution in [0.3, 0.4) is 0 Å². The molecule has 0 spiro atoms. The van der Waals surface area contributed by atoms with Crippen molar-refractivity contribution in [2.75, 3.05) is 12.8 Å². The van der Waals surface area contributed by atoms with Crippen molar-refractivity contribution >= 4 is 12.6 Å². The molecule has 1 aromatic rings. The lowest BCUT2D eigenvalue weighted by atomic mass is 10.00. The molecule has 1 nitrogen and oxygen atoms in total. The molecule has 1 atom stereocenters. The van der Waals surface area contributed by atoms with Gasteiger partial charge in [-0.1, -0.05) is 38.1 Å². The lowest BCUT2D eigenvalue weighted by Gasteiger charge is -2.14. The maximum absolute atomic E-state index is 4.33. The lowest BCUT2D eigenvalue weighted by molar-refractivity contribution is 0.643. The SMILES string of the molecule is CNC(CS)c1ccc(CC(C)C)cc1. The van der Waals surface area contributed by atoms with Crippen LogP contribution in [0.4, 0.5) is 0 Å². The molecule has 1 aromatic carbocycles. The smallest absolute Gasteiger partial charge is 0.0406 e. The zero-order valence-corrected chi connectivity index (χ0v) is 10.7. The zero-order valence-electron chi connectivity index (χ0n) is 9.83. The van der Waals surface area contributed by atoms with Crippen LogP contribution in [-0.2, 0) is 6.42 Å². The average Bonchev–Trinajstić information content (AvgIpc) is 2.21. The Morgan fingerprint density at radius 3 is 2.20 bits per heavy atom. The fourth-order valence-electron chi connectivity index (χ4n) is 1.72. The highest BCUT2D eigenvalue weighted by atomic mass is 32.1. The molecule has 0 aliphatic carbocycles. The first-order valence-corrected chi connectivity index (χ1v) is 6.17. The average molecular weight is 223 g/mol. The minimum absolute atomic E-state index is 0.362. The summed E-state index contributed by atoms with van der Waals surface area (Å²) in [5, 5.41) is 3.25. The second-order valence-corrected chi connectivity index (χ2v) is 4.73. The first kappa shape index (κ1) is 12.6. The van der Waals surface area contributed by atoms with Crippen molar-refractivity contribution in [1.29, 1.82) is 0 Å². The van der Waals surface area contributed by atoms with Gasteiger partial charge < -0.3 is 5.32 Å². The monoisotopic (exact) mass is 223 g/mol. The molecule has 0 aliphatic heterocycles. The van der Waals surface area contributed by atoms with Crippen molar-refractivity contribution in [2.24, 2.45) is 5.92 Å².